The van der Waals surface area contributed by atoms with Gasteiger partial charge in [-0.3, -0.25) is 0 Å². The van der Waals surface area contributed by atoms with Crippen LogP contribution in [0.15, 0.2) is 23.1 Å². The van der Waals surface area contributed by atoms with Crippen LogP contribution in [0.3, 0.4) is 0 Å². The van der Waals surface area contributed by atoms with E-state index in [0.29, 0.717) is 0 Å². The normalized spacial score (nSPS) is 13.3. The summed E-state index contributed by atoms with van der Waals surface area (Å²) in [7, 11) is 1.70. The molecule has 0 bridgehead atoms. The lowest BCUT2D eigenvalue weighted by molar-refractivity contribution is 0.198. The van der Waals surface area contributed by atoms with Crippen molar-refractivity contribution < 1.29 is 9.84 Å². The van der Waals surface area contributed by atoms with E-state index in [0.717, 1.165) is 23.6 Å². The fraction of sp³-hybridized carbons (Fsp3) is 0.625. The third kappa shape index (κ3) is 5.73. The van der Waals surface area contributed by atoms with E-state index in [9.17, 15) is 5.11 Å². The Morgan fingerprint density at radius 3 is 2.55 bits per heavy atom. The molecule has 0 amide bonds. The van der Waals surface area contributed by atoms with Gasteiger partial charge in [0.2, 0.25) is 0 Å². The van der Waals surface area contributed by atoms with E-state index in [2.05, 4.69) is 44.3 Å². The molecule has 0 aliphatic rings. The lowest BCUT2D eigenvalue weighted by atomic mass is 9.88. The van der Waals surface area contributed by atoms with E-state index in [1.807, 2.05) is 6.26 Å². The topological polar surface area (TPSA) is 41.5 Å². The van der Waals surface area contributed by atoms with E-state index in [-0.39, 0.29) is 18.1 Å². The molecule has 0 saturated carbocycles. The molecule has 1 atom stereocenters. The number of benzene rings is 1. The quantitative estimate of drug-likeness (QED) is 0.758. The van der Waals surface area contributed by atoms with Crippen LogP contribution in [0.1, 0.15) is 32.8 Å². The van der Waals surface area contributed by atoms with Gasteiger partial charge >= 0.3 is 0 Å². The summed E-state index contributed by atoms with van der Waals surface area (Å²) in [5.74, 6) is 0.910. The SMILES string of the molecule is COc1cc(CNC(CO)CC(C)(C)C)ccc1SC. The van der Waals surface area contributed by atoms with E-state index in [1.54, 1.807) is 18.9 Å². The summed E-state index contributed by atoms with van der Waals surface area (Å²) in [5.41, 5.74) is 1.38. The van der Waals surface area contributed by atoms with E-state index in [4.69, 9.17) is 4.74 Å². The number of methoxy groups -OCH3 is 1. The minimum Gasteiger partial charge on any atom is -0.496 e. The van der Waals surface area contributed by atoms with Crippen LogP contribution < -0.4 is 10.1 Å². The molecule has 1 aromatic rings. The number of hydrogen-bond donors (Lipinski definition) is 2. The second-order valence-corrected chi connectivity index (χ2v) is 7.06. The van der Waals surface area contributed by atoms with Crippen molar-refractivity contribution in [3.63, 3.8) is 0 Å². The lowest BCUT2D eigenvalue weighted by Crippen LogP contribution is -2.35. The highest BCUT2D eigenvalue weighted by Crippen LogP contribution is 2.28. The molecule has 0 aromatic heterocycles. The van der Waals surface area contributed by atoms with Crippen LogP contribution in [-0.2, 0) is 6.54 Å². The van der Waals surface area contributed by atoms with Gasteiger partial charge in [0.05, 0.1) is 13.7 Å². The van der Waals surface area contributed by atoms with Crippen molar-refractivity contribution in [2.45, 2.75) is 44.7 Å². The van der Waals surface area contributed by atoms with Gasteiger partial charge in [-0.25, -0.2) is 0 Å². The molecule has 0 saturated heterocycles. The van der Waals surface area contributed by atoms with Crippen molar-refractivity contribution in [2.75, 3.05) is 20.0 Å². The molecule has 114 valence electrons. The summed E-state index contributed by atoms with van der Waals surface area (Å²) < 4.78 is 5.39. The second kappa shape index (κ2) is 7.91. The Morgan fingerprint density at radius 1 is 1.35 bits per heavy atom. The van der Waals surface area contributed by atoms with Gasteiger partial charge in [-0.1, -0.05) is 26.8 Å². The van der Waals surface area contributed by atoms with E-state index >= 15 is 0 Å². The third-order valence-corrected chi connectivity index (χ3v) is 3.90. The summed E-state index contributed by atoms with van der Waals surface area (Å²) in [6.45, 7) is 7.47. The smallest absolute Gasteiger partial charge is 0.132 e. The molecule has 0 aliphatic carbocycles. The van der Waals surface area contributed by atoms with Gasteiger partial charge in [-0.2, -0.15) is 0 Å². The largest absolute Gasteiger partial charge is 0.496 e. The number of aliphatic hydroxyl groups excluding tert-OH is 1. The van der Waals surface area contributed by atoms with Crippen LogP contribution in [0.5, 0.6) is 5.75 Å². The van der Waals surface area contributed by atoms with E-state index in [1.165, 1.54) is 5.56 Å². The van der Waals surface area contributed by atoms with Crippen LogP contribution >= 0.6 is 11.8 Å². The van der Waals surface area contributed by atoms with Gasteiger partial charge in [0.25, 0.3) is 0 Å². The summed E-state index contributed by atoms with van der Waals surface area (Å²) >= 11 is 1.68. The zero-order chi connectivity index (χ0) is 15.2. The summed E-state index contributed by atoms with van der Waals surface area (Å²) in [5, 5.41) is 12.9. The number of nitrogens with one attached hydrogen (secondary N) is 1. The molecule has 4 heteroatoms. The first-order chi connectivity index (χ1) is 9.39. The molecule has 0 heterocycles. The minimum atomic E-state index is 0.126. The summed E-state index contributed by atoms with van der Waals surface area (Å²) in [6, 6.07) is 6.37. The number of hydrogen-bond acceptors (Lipinski definition) is 4. The summed E-state index contributed by atoms with van der Waals surface area (Å²) in [4.78, 5) is 1.14. The fourth-order valence-electron chi connectivity index (χ4n) is 2.19. The number of thioether (sulfide) groups is 1. The predicted molar refractivity (Wildman–Crippen MR) is 86.6 cm³/mol. The van der Waals surface area contributed by atoms with Gasteiger partial charge in [-0.05, 0) is 35.8 Å². The molecule has 0 radical (unpaired) electrons. The predicted octanol–water partition coefficient (Wildman–Crippen LogP) is 3.30. The van der Waals surface area contributed by atoms with Crippen LogP contribution in [0.25, 0.3) is 0 Å². The van der Waals surface area contributed by atoms with Crippen LogP contribution in [0, 0.1) is 5.41 Å². The monoisotopic (exact) mass is 297 g/mol. The third-order valence-electron chi connectivity index (χ3n) is 3.12. The first-order valence-electron chi connectivity index (χ1n) is 6.94. The molecule has 1 aromatic carbocycles. The maximum atomic E-state index is 9.46. The zero-order valence-electron chi connectivity index (χ0n) is 13.2. The van der Waals surface area contributed by atoms with Gasteiger partial charge in [-0.15, -0.1) is 11.8 Å². The standard InChI is InChI=1S/C16H27NO2S/c1-16(2,3)9-13(11-18)17-10-12-6-7-15(20-5)14(8-12)19-4/h6-8,13,17-18H,9-11H2,1-5H3. The molecule has 0 fully saturated rings. The van der Waals surface area contributed by atoms with Gasteiger partial charge in [0, 0.05) is 17.5 Å². The van der Waals surface area contributed by atoms with Crippen molar-refractivity contribution in [3.05, 3.63) is 23.8 Å². The molecular weight excluding hydrogens is 270 g/mol. The van der Waals surface area contributed by atoms with Gasteiger partial charge in [0.1, 0.15) is 5.75 Å². The Hall–Kier alpha value is -0.710. The first kappa shape index (κ1) is 17.3. The summed E-state index contributed by atoms with van der Waals surface area (Å²) in [6.07, 6.45) is 2.99. The molecule has 3 nitrogen and oxygen atoms in total. The molecule has 2 N–H and O–H groups in total. The van der Waals surface area contributed by atoms with E-state index < -0.39 is 0 Å². The van der Waals surface area contributed by atoms with Crippen LogP contribution in [0.4, 0.5) is 0 Å². The molecular formula is C16H27NO2S. The molecule has 0 aliphatic heterocycles. The van der Waals surface area contributed by atoms with Crippen molar-refractivity contribution in [2.24, 2.45) is 5.41 Å². The molecule has 1 rings (SSSR count). The Morgan fingerprint density at radius 2 is 2.05 bits per heavy atom. The highest BCUT2D eigenvalue weighted by Gasteiger charge is 2.17. The maximum Gasteiger partial charge on any atom is 0.132 e. The number of aliphatic hydroxyl groups is 1. The fourth-order valence-corrected chi connectivity index (χ4v) is 2.74. The van der Waals surface area contributed by atoms with Crippen molar-refractivity contribution >= 4 is 11.8 Å². The molecule has 0 spiro atoms. The molecule has 1 unspecified atom stereocenters. The number of ether oxygens (including phenoxy) is 1. The highest BCUT2D eigenvalue weighted by molar-refractivity contribution is 7.98. The molecule has 20 heavy (non-hydrogen) atoms. The Bertz CT molecular complexity index is 415. The lowest BCUT2D eigenvalue weighted by Gasteiger charge is -2.25. The average molecular weight is 297 g/mol. The van der Waals surface area contributed by atoms with Gasteiger partial charge in [0.15, 0.2) is 0 Å². The van der Waals surface area contributed by atoms with Crippen molar-refractivity contribution in [1.29, 1.82) is 0 Å². The Kier molecular flexibility index (Phi) is 6.86. The zero-order valence-corrected chi connectivity index (χ0v) is 14.0. The van der Waals surface area contributed by atoms with Crippen LogP contribution in [-0.4, -0.2) is 31.1 Å². The van der Waals surface area contributed by atoms with Crippen LogP contribution in [0.2, 0.25) is 0 Å². The second-order valence-electron chi connectivity index (χ2n) is 6.21. The van der Waals surface area contributed by atoms with Crippen molar-refractivity contribution in [3.8, 4) is 5.75 Å². The highest BCUT2D eigenvalue weighted by atomic mass is 32.2. The van der Waals surface area contributed by atoms with Crippen molar-refractivity contribution in [1.82, 2.24) is 5.32 Å². The average Bonchev–Trinajstić information content (AvgIpc) is 2.41. The number of rotatable bonds is 7. The Labute approximate surface area is 127 Å². The Balaban J connectivity index is 2.64. The first-order valence-corrected chi connectivity index (χ1v) is 8.17. The maximum absolute atomic E-state index is 9.46. The van der Waals surface area contributed by atoms with Gasteiger partial charge < -0.3 is 15.2 Å². The minimum absolute atomic E-state index is 0.126.